The SMILES string of the molecule is CCCOc1cc(CCNC(=O)CCC(=O)O)ccc1OC. The zero-order chi connectivity index (χ0) is 16.4. The normalized spacial score (nSPS) is 10.1. The molecule has 0 aliphatic heterocycles. The van der Waals surface area contributed by atoms with Gasteiger partial charge >= 0.3 is 5.97 Å². The number of carboxylic acids is 1. The largest absolute Gasteiger partial charge is 0.493 e. The van der Waals surface area contributed by atoms with Gasteiger partial charge in [-0.25, -0.2) is 0 Å². The Bertz CT molecular complexity index is 501. The molecule has 0 saturated heterocycles. The lowest BCUT2D eigenvalue weighted by molar-refractivity contribution is -0.138. The molecule has 1 amide bonds. The predicted octanol–water partition coefficient (Wildman–Crippen LogP) is 2.01. The van der Waals surface area contributed by atoms with Crippen molar-refractivity contribution in [3.63, 3.8) is 0 Å². The van der Waals surface area contributed by atoms with E-state index < -0.39 is 5.97 Å². The van der Waals surface area contributed by atoms with Crippen LogP contribution in [0.1, 0.15) is 31.7 Å². The van der Waals surface area contributed by atoms with Gasteiger partial charge in [0, 0.05) is 13.0 Å². The van der Waals surface area contributed by atoms with Crippen LogP contribution in [-0.2, 0) is 16.0 Å². The Morgan fingerprint density at radius 3 is 2.64 bits per heavy atom. The van der Waals surface area contributed by atoms with Crippen molar-refractivity contribution < 1.29 is 24.2 Å². The first-order chi connectivity index (χ1) is 10.6. The number of benzene rings is 1. The van der Waals surface area contributed by atoms with Crippen molar-refractivity contribution >= 4 is 11.9 Å². The standard InChI is InChI=1S/C16H23NO5/c1-3-10-22-14-11-12(4-5-13(14)21-2)8-9-17-15(18)6-7-16(19)20/h4-5,11H,3,6-10H2,1-2H3,(H,17,18)(H,19,20). The van der Waals surface area contributed by atoms with E-state index in [0.717, 1.165) is 12.0 Å². The number of ether oxygens (including phenoxy) is 2. The summed E-state index contributed by atoms with van der Waals surface area (Å²) in [5, 5.41) is 11.2. The quantitative estimate of drug-likeness (QED) is 0.690. The van der Waals surface area contributed by atoms with Crippen molar-refractivity contribution in [3.8, 4) is 11.5 Å². The third kappa shape index (κ3) is 6.47. The summed E-state index contributed by atoms with van der Waals surface area (Å²) in [6, 6.07) is 5.66. The van der Waals surface area contributed by atoms with Crippen LogP contribution in [0.25, 0.3) is 0 Å². The fourth-order valence-electron chi connectivity index (χ4n) is 1.86. The van der Waals surface area contributed by atoms with E-state index in [0.29, 0.717) is 31.1 Å². The maximum Gasteiger partial charge on any atom is 0.303 e. The second-order valence-corrected chi connectivity index (χ2v) is 4.83. The highest BCUT2D eigenvalue weighted by Gasteiger charge is 2.07. The summed E-state index contributed by atoms with van der Waals surface area (Å²) in [4.78, 5) is 21.8. The van der Waals surface area contributed by atoms with Gasteiger partial charge < -0.3 is 19.9 Å². The first-order valence-corrected chi connectivity index (χ1v) is 7.35. The third-order valence-electron chi connectivity index (χ3n) is 2.99. The van der Waals surface area contributed by atoms with Crippen molar-refractivity contribution in [2.75, 3.05) is 20.3 Å². The van der Waals surface area contributed by atoms with Gasteiger partial charge in [0.15, 0.2) is 11.5 Å². The molecule has 0 atom stereocenters. The lowest BCUT2D eigenvalue weighted by Gasteiger charge is -2.12. The van der Waals surface area contributed by atoms with Crippen LogP contribution in [0.5, 0.6) is 11.5 Å². The molecule has 0 unspecified atom stereocenters. The lowest BCUT2D eigenvalue weighted by atomic mass is 10.1. The van der Waals surface area contributed by atoms with Crippen LogP contribution in [0, 0.1) is 0 Å². The van der Waals surface area contributed by atoms with E-state index in [2.05, 4.69) is 5.32 Å². The monoisotopic (exact) mass is 309 g/mol. The van der Waals surface area contributed by atoms with Gasteiger partial charge in [-0.2, -0.15) is 0 Å². The summed E-state index contributed by atoms with van der Waals surface area (Å²) in [7, 11) is 1.59. The number of carbonyl (C=O) groups excluding carboxylic acids is 1. The Balaban J connectivity index is 2.48. The first-order valence-electron chi connectivity index (χ1n) is 7.35. The topological polar surface area (TPSA) is 84.9 Å². The third-order valence-corrected chi connectivity index (χ3v) is 2.99. The smallest absolute Gasteiger partial charge is 0.303 e. The summed E-state index contributed by atoms with van der Waals surface area (Å²) in [5.74, 6) is 0.156. The van der Waals surface area contributed by atoms with Gasteiger partial charge in [-0.1, -0.05) is 13.0 Å². The molecule has 1 rings (SSSR count). The zero-order valence-corrected chi connectivity index (χ0v) is 13.1. The summed E-state index contributed by atoms with van der Waals surface area (Å²) in [6.07, 6.45) is 1.41. The zero-order valence-electron chi connectivity index (χ0n) is 13.1. The van der Waals surface area contributed by atoms with Gasteiger partial charge in [0.25, 0.3) is 0 Å². The van der Waals surface area contributed by atoms with E-state index >= 15 is 0 Å². The number of hydrogen-bond acceptors (Lipinski definition) is 4. The molecular weight excluding hydrogens is 286 g/mol. The Kier molecular flexibility index (Phi) is 7.81. The minimum absolute atomic E-state index is 0.00278. The van der Waals surface area contributed by atoms with Gasteiger partial charge in [0.05, 0.1) is 20.1 Å². The van der Waals surface area contributed by atoms with E-state index in [1.807, 2.05) is 25.1 Å². The van der Waals surface area contributed by atoms with Gasteiger partial charge in [-0.3, -0.25) is 9.59 Å². The molecule has 6 heteroatoms. The van der Waals surface area contributed by atoms with E-state index in [1.165, 1.54) is 0 Å². The van der Waals surface area contributed by atoms with Crippen LogP contribution in [0.4, 0.5) is 0 Å². The molecule has 0 aromatic heterocycles. The predicted molar refractivity (Wildman–Crippen MR) is 82.4 cm³/mol. The van der Waals surface area contributed by atoms with E-state index in [-0.39, 0.29) is 18.7 Å². The number of carboxylic acid groups (broad SMARTS) is 1. The Morgan fingerprint density at radius 2 is 2.00 bits per heavy atom. The average molecular weight is 309 g/mol. The number of hydrogen-bond donors (Lipinski definition) is 2. The van der Waals surface area contributed by atoms with Gasteiger partial charge in [-0.05, 0) is 30.5 Å². The summed E-state index contributed by atoms with van der Waals surface area (Å²) in [5.41, 5.74) is 1.02. The molecule has 0 heterocycles. The van der Waals surface area contributed by atoms with E-state index in [4.69, 9.17) is 14.6 Å². The minimum atomic E-state index is -0.969. The fourth-order valence-corrected chi connectivity index (χ4v) is 1.86. The van der Waals surface area contributed by atoms with Crippen LogP contribution in [0.15, 0.2) is 18.2 Å². The van der Waals surface area contributed by atoms with Crippen molar-refractivity contribution in [3.05, 3.63) is 23.8 Å². The van der Waals surface area contributed by atoms with Crippen molar-refractivity contribution in [1.82, 2.24) is 5.32 Å². The molecule has 0 radical (unpaired) electrons. The van der Waals surface area contributed by atoms with Crippen molar-refractivity contribution in [2.24, 2.45) is 0 Å². The summed E-state index contributed by atoms with van der Waals surface area (Å²) >= 11 is 0. The molecule has 6 nitrogen and oxygen atoms in total. The molecule has 0 fully saturated rings. The second kappa shape index (κ2) is 9.65. The van der Waals surface area contributed by atoms with Crippen LogP contribution in [0.2, 0.25) is 0 Å². The number of aliphatic carboxylic acids is 1. The Morgan fingerprint density at radius 1 is 1.23 bits per heavy atom. The van der Waals surface area contributed by atoms with Crippen molar-refractivity contribution in [2.45, 2.75) is 32.6 Å². The maximum atomic E-state index is 11.4. The van der Waals surface area contributed by atoms with E-state index in [1.54, 1.807) is 7.11 Å². The molecule has 0 bridgehead atoms. The first kappa shape index (κ1) is 17.8. The Hall–Kier alpha value is -2.24. The molecule has 0 spiro atoms. The Labute approximate surface area is 130 Å². The maximum absolute atomic E-state index is 11.4. The van der Waals surface area contributed by atoms with Crippen LogP contribution in [0.3, 0.4) is 0 Å². The number of carbonyl (C=O) groups is 2. The fraction of sp³-hybridized carbons (Fsp3) is 0.500. The highest BCUT2D eigenvalue weighted by molar-refractivity contribution is 5.80. The van der Waals surface area contributed by atoms with Crippen LogP contribution >= 0.6 is 0 Å². The molecule has 0 aliphatic rings. The molecule has 122 valence electrons. The van der Waals surface area contributed by atoms with Gasteiger partial charge in [0.2, 0.25) is 5.91 Å². The summed E-state index contributed by atoms with van der Waals surface area (Å²) < 4.78 is 10.9. The number of nitrogens with one attached hydrogen (secondary N) is 1. The molecule has 22 heavy (non-hydrogen) atoms. The van der Waals surface area contributed by atoms with Crippen molar-refractivity contribution in [1.29, 1.82) is 0 Å². The minimum Gasteiger partial charge on any atom is -0.493 e. The number of rotatable bonds is 10. The number of methoxy groups -OCH3 is 1. The molecule has 0 aliphatic carbocycles. The van der Waals surface area contributed by atoms with E-state index in [9.17, 15) is 9.59 Å². The highest BCUT2D eigenvalue weighted by Crippen LogP contribution is 2.28. The van der Waals surface area contributed by atoms with Crippen LogP contribution in [-0.4, -0.2) is 37.2 Å². The molecule has 1 aromatic carbocycles. The lowest BCUT2D eigenvalue weighted by Crippen LogP contribution is -2.26. The molecule has 2 N–H and O–H groups in total. The van der Waals surface area contributed by atoms with Gasteiger partial charge in [-0.15, -0.1) is 0 Å². The second-order valence-electron chi connectivity index (χ2n) is 4.83. The number of amides is 1. The highest BCUT2D eigenvalue weighted by atomic mass is 16.5. The van der Waals surface area contributed by atoms with Gasteiger partial charge in [0.1, 0.15) is 0 Å². The molecular formula is C16H23NO5. The molecule has 0 saturated carbocycles. The van der Waals surface area contributed by atoms with Crippen LogP contribution < -0.4 is 14.8 Å². The molecule has 1 aromatic rings. The summed E-state index contributed by atoms with van der Waals surface area (Å²) in [6.45, 7) is 3.10. The average Bonchev–Trinajstić information content (AvgIpc) is 2.51.